The smallest absolute Gasteiger partial charge is 0.326 e. The van der Waals surface area contributed by atoms with Gasteiger partial charge in [0.2, 0.25) is 5.78 Å². The summed E-state index contributed by atoms with van der Waals surface area (Å²) in [5.74, 6) is -6.97. The molecule has 0 aliphatic heterocycles. The minimum absolute atomic E-state index is 0.0721. The van der Waals surface area contributed by atoms with Crippen molar-refractivity contribution in [3.8, 4) is 0 Å². The summed E-state index contributed by atoms with van der Waals surface area (Å²) in [5, 5.41) is 30.6. The minimum Gasteiger partial charge on any atom is -0.481 e. The lowest BCUT2D eigenvalue weighted by molar-refractivity contribution is -0.146. The van der Waals surface area contributed by atoms with Gasteiger partial charge in [0, 0.05) is 25.1 Å². The van der Waals surface area contributed by atoms with Crippen molar-refractivity contribution >= 4 is 41.1 Å². The van der Waals surface area contributed by atoms with Crippen molar-refractivity contribution in [1.82, 2.24) is 5.32 Å². The number of allylic oxidation sites excluding steroid dienone is 1. The second-order valence-electron chi connectivity index (χ2n) is 9.28. The van der Waals surface area contributed by atoms with E-state index in [1.165, 1.54) is 23.3 Å². The highest BCUT2D eigenvalue weighted by Crippen LogP contribution is 2.32. The molecule has 2 atom stereocenters. The van der Waals surface area contributed by atoms with Gasteiger partial charge in [0.15, 0.2) is 17.1 Å². The highest BCUT2D eigenvalue weighted by Gasteiger charge is 2.50. The van der Waals surface area contributed by atoms with Crippen LogP contribution in [0.15, 0.2) is 65.3 Å². The fourth-order valence-corrected chi connectivity index (χ4v) is 4.29. The zero-order chi connectivity index (χ0) is 30.4. The average molecular weight is 571 g/mol. The lowest BCUT2D eigenvalue weighted by atomic mass is 9.83. The van der Waals surface area contributed by atoms with Gasteiger partial charge in [-0.1, -0.05) is 38.0 Å². The Bertz CT molecular complexity index is 1240. The van der Waals surface area contributed by atoms with Crippen LogP contribution in [0.25, 0.3) is 0 Å². The van der Waals surface area contributed by atoms with Crippen LogP contribution in [0.4, 0.5) is 5.69 Å². The van der Waals surface area contributed by atoms with Crippen molar-refractivity contribution in [1.29, 1.82) is 0 Å². The van der Waals surface area contributed by atoms with Gasteiger partial charge in [-0.05, 0) is 55.7 Å². The summed E-state index contributed by atoms with van der Waals surface area (Å²) in [6.07, 6.45) is 2.74. The van der Waals surface area contributed by atoms with E-state index in [-0.39, 0.29) is 12.3 Å². The molecule has 41 heavy (non-hydrogen) atoms. The molecule has 0 aliphatic carbocycles. The van der Waals surface area contributed by atoms with Gasteiger partial charge >= 0.3 is 17.9 Å². The molecule has 12 nitrogen and oxygen atoms in total. The third-order valence-corrected chi connectivity index (χ3v) is 6.40. The number of nitrogens with one attached hydrogen (secondary N) is 1. The van der Waals surface area contributed by atoms with Gasteiger partial charge in [-0.25, -0.2) is 4.79 Å². The summed E-state index contributed by atoms with van der Waals surface area (Å²) in [6.45, 7) is 2.06. The van der Waals surface area contributed by atoms with Crippen molar-refractivity contribution in [3.63, 3.8) is 0 Å². The number of hydrogen-bond acceptors (Lipinski definition) is 8. The first-order valence-corrected chi connectivity index (χ1v) is 13.1. The Labute approximate surface area is 236 Å². The Balaban J connectivity index is 2.71. The Morgan fingerprint density at radius 2 is 1.61 bits per heavy atom. The summed E-state index contributed by atoms with van der Waals surface area (Å²) in [4.78, 5) is 76.9. The van der Waals surface area contributed by atoms with E-state index in [9.17, 15) is 39.0 Å². The molecule has 0 aliphatic rings. The lowest BCUT2D eigenvalue weighted by Crippen LogP contribution is -2.66. The molecule has 0 spiro atoms. The predicted octanol–water partition coefficient (Wildman–Crippen LogP) is 3.32. The molecule has 1 heterocycles. The Hall–Kier alpha value is -4.74. The number of para-hydroxylation sites is 1. The van der Waals surface area contributed by atoms with Crippen LogP contribution in [0.1, 0.15) is 62.4 Å². The summed E-state index contributed by atoms with van der Waals surface area (Å²) >= 11 is 0. The monoisotopic (exact) mass is 570 g/mol. The van der Waals surface area contributed by atoms with Gasteiger partial charge in [0.05, 0.1) is 6.26 Å². The lowest BCUT2D eigenvalue weighted by Gasteiger charge is -2.43. The summed E-state index contributed by atoms with van der Waals surface area (Å²) in [5.41, 5.74) is -1.91. The van der Waals surface area contributed by atoms with E-state index in [1.54, 1.807) is 30.3 Å². The van der Waals surface area contributed by atoms with Crippen LogP contribution >= 0.6 is 0 Å². The number of rotatable bonds is 19. The number of carboxylic acids is 3. The molecule has 0 saturated carbocycles. The number of carboxylic acid groups (broad SMARTS) is 3. The molecular weight excluding hydrogens is 536 g/mol. The van der Waals surface area contributed by atoms with E-state index in [2.05, 4.69) is 5.32 Å². The molecular formula is C29H34N2O10. The number of carbonyl (C=O) groups excluding carboxylic acids is 3. The van der Waals surface area contributed by atoms with Crippen molar-refractivity contribution in [3.05, 3.63) is 66.6 Å². The van der Waals surface area contributed by atoms with Gasteiger partial charge in [-0.15, -0.1) is 0 Å². The van der Waals surface area contributed by atoms with Crippen LogP contribution in [-0.4, -0.2) is 68.8 Å². The van der Waals surface area contributed by atoms with Crippen LogP contribution in [0.5, 0.6) is 0 Å². The van der Waals surface area contributed by atoms with Crippen LogP contribution in [-0.2, 0) is 24.0 Å². The maximum absolute atomic E-state index is 14.1. The fraction of sp³-hybridized carbons (Fsp3) is 0.379. The maximum Gasteiger partial charge on any atom is 0.326 e. The standard InChI is InChI=1S/C29H34N2O10/c1-2-3-7-18-31(20-9-5-4-6-10-20)29(17-16-26(36)37,24(33)14-13-22(32)23-11-8-19-41-23)28(40)30-21(27(38)39)12-15-25(34)35/h4-6,8-11,13-14,19,21H,2-3,7,12,15-18H2,1H3,(H,30,40)(H,34,35)(H,36,37)(H,38,39)/t21-,29+/m0/s1. The van der Waals surface area contributed by atoms with Gasteiger partial charge in [-0.2, -0.15) is 0 Å². The van der Waals surface area contributed by atoms with Gasteiger partial charge in [0.25, 0.3) is 5.91 Å². The van der Waals surface area contributed by atoms with Crippen LogP contribution in [0, 0.1) is 0 Å². The molecule has 12 heteroatoms. The third-order valence-electron chi connectivity index (χ3n) is 6.40. The average Bonchev–Trinajstić information content (AvgIpc) is 3.48. The quantitative estimate of drug-likeness (QED) is 0.0838. The molecule has 1 amide bonds. The molecule has 1 aromatic carbocycles. The number of carbonyl (C=O) groups is 6. The first-order valence-electron chi connectivity index (χ1n) is 13.1. The largest absolute Gasteiger partial charge is 0.481 e. The van der Waals surface area contributed by atoms with E-state index < -0.39 is 72.6 Å². The van der Waals surface area contributed by atoms with E-state index in [4.69, 9.17) is 9.52 Å². The molecule has 0 saturated heterocycles. The van der Waals surface area contributed by atoms with E-state index in [0.717, 1.165) is 18.6 Å². The van der Waals surface area contributed by atoms with E-state index in [1.807, 2.05) is 6.92 Å². The minimum atomic E-state index is -2.30. The van der Waals surface area contributed by atoms with E-state index >= 15 is 0 Å². The number of benzene rings is 1. The highest BCUT2D eigenvalue weighted by molar-refractivity contribution is 6.20. The van der Waals surface area contributed by atoms with Crippen LogP contribution in [0.2, 0.25) is 0 Å². The maximum atomic E-state index is 14.1. The number of nitrogens with zero attached hydrogens (tertiary/aromatic N) is 1. The normalized spacial score (nSPS) is 13.2. The molecule has 220 valence electrons. The van der Waals surface area contributed by atoms with Crippen molar-refractivity contribution in [2.75, 3.05) is 11.4 Å². The molecule has 2 aromatic rings. The molecule has 0 bridgehead atoms. The molecule has 0 radical (unpaired) electrons. The molecule has 0 fully saturated rings. The van der Waals surface area contributed by atoms with Gasteiger partial charge < -0.3 is 30.0 Å². The fourth-order valence-electron chi connectivity index (χ4n) is 4.29. The number of amides is 1. The summed E-state index contributed by atoms with van der Waals surface area (Å²) in [6, 6.07) is 9.45. The first kappa shape index (κ1) is 32.5. The third kappa shape index (κ3) is 9.16. The van der Waals surface area contributed by atoms with Crippen molar-refractivity contribution in [2.45, 2.75) is 63.5 Å². The van der Waals surface area contributed by atoms with Crippen molar-refractivity contribution in [2.24, 2.45) is 0 Å². The second kappa shape index (κ2) is 15.8. The predicted molar refractivity (Wildman–Crippen MR) is 147 cm³/mol. The number of hydrogen-bond donors (Lipinski definition) is 4. The first-order chi connectivity index (χ1) is 19.5. The summed E-state index contributed by atoms with van der Waals surface area (Å²) in [7, 11) is 0. The number of furan rings is 1. The molecule has 0 unspecified atom stereocenters. The number of anilines is 1. The SMILES string of the molecule is CCCCCN(c1ccccc1)[C@](CCC(=O)O)(C(=O)C=CC(=O)c1ccco1)C(=O)N[C@@H](CCC(=O)O)C(=O)O. The zero-order valence-corrected chi connectivity index (χ0v) is 22.7. The molecule has 4 N–H and O–H groups in total. The molecule has 2 rings (SSSR count). The van der Waals surface area contributed by atoms with Crippen molar-refractivity contribution < 1.29 is 48.5 Å². The molecule has 1 aromatic heterocycles. The highest BCUT2D eigenvalue weighted by atomic mass is 16.4. The van der Waals surface area contributed by atoms with Crippen LogP contribution in [0.3, 0.4) is 0 Å². The number of unbranched alkanes of at least 4 members (excludes halogenated alkanes) is 2. The van der Waals surface area contributed by atoms with Gasteiger partial charge in [0.1, 0.15) is 6.04 Å². The van der Waals surface area contributed by atoms with Gasteiger partial charge in [-0.3, -0.25) is 24.0 Å². The second-order valence-corrected chi connectivity index (χ2v) is 9.28. The Morgan fingerprint density at radius 1 is 0.927 bits per heavy atom. The number of aliphatic carboxylic acids is 3. The van der Waals surface area contributed by atoms with E-state index in [0.29, 0.717) is 18.5 Å². The van der Waals surface area contributed by atoms with Crippen LogP contribution < -0.4 is 10.2 Å². The summed E-state index contributed by atoms with van der Waals surface area (Å²) < 4.78 is 5.05. The number of ketones is 2. The Morgan fingerprint density at radius 3 is 2.17 bits per heavy atom. The zero-order valence-electron chi connectivity index (χ0n) is 22.7. The topological polar surface area (TPSA) is 192 Å². The Kier molecular flexibility index (Phi) is 12.5.